The molecule has 5 rings (SSSR count). The second kappa shape index (κ2) is 7.19. The molecule has 29 heavy (non-hydrogen) atoms. The van der Waals surface area contributed by atoms with Gasteiger partial charge in [-0.1, -0.05) is 24.3 Å². The highest BCUT2D eigenvalue weighted by atomic mass is 32.2. The maximum atomic E-state index is 14.5. The van der Waals surface area contributed by atoms with Gasteiger partial charge in [0.15, 0.2) is 0 Å². The van der Waals surface area contributed by atoms with E-state index in [1.165, 1.54) is 22.4 Å². The molecule has 6 heteroatoms. The average Bonchev–Trinajstić information content (AvgIpc) is 2.73. The molecule has 146 valence electrons. The third-order valence-corrected chi connectivity index (χ3v) is 6.64. The Hall–Kier alpha value is -2.86. The Bertz CT molecular complexity index is 1410. The molecule has 0 aliphatic heterocycles. The van der Waals surface area contributed by atoms with Gasteiger partial charge in [0.1, 0.15) is 16.5 Å². The van der Waals surface area contributed by atoms with Crippen molar-refractivity contribution in [3.63, 3.8) is 0 Å². The van der Waals surface area contributed by atoms with Crippen LogP contribution in [0, 0.1) is 22.2 Å². The Morgan fingerprint density at radius 3 is 2.76 bits per heavy atom. The average molecular weight is 406 g/mol. The van der Waals surface area contributed by atoms with Crippen LogP contribution in [-0.4, -0.2) is 24.1 Å². The van der Waals surface area contributed by atoms with Crippen molar-refractivity contribution in [1.29, 1.82) is 0 Å². The molecule has 1 atom stereocenters. The van der Waals surface area contributed by atoms with Gasteiger partial charge in [0.25, 0.3) is 0 Å². The number of hydrogen-bond donors (Lipinski definition) is 1. The number of fused-ring (bicyclic) bond motifs is 4. The lowest BCUT2D eigenvalue weighted by Crippen LogP contribution is -2.26. The predicted octanol–water partition coefficient (Wildman–Crippen LogP) is 1.86. The third kappa shape index (κ3) is 3.27. The normalized spacial score (nSPS) is 17.0. The molecule has 2 aromatic carbocycles. The van der Waals surface area contributed by atoms with Gasteiger partial charge < -0.3 is 0 Å². The van der Waals surface area contributed by atoms with Gasteiger partial charge in [0, 0.05) is 18.0 Å². The van der Waals surface area contributed by atoms with Crippen LogP contribution in [0.4, 0.5) is 4.39 Å². The maximum Gasteiger partial charge on any atom is 0.140 e. The van der Waals surface area contributed by atoms with Crippen LogP contribution in [0.15, 0.2) is 42.9 Å². The van der Waals surface area contributed by atoms with E-state index in [2.05, 4.69) is 34.3 Å². The van der Waals surface area contributed by atoms with E-state index < -0.39 is 10.7 Å². The lowest BCUT2D eigenvalue weighted by Gasteiger charge is -2.22. The minimum atomic E-state index is -2.39. The van der Waals surface area contributed by atoms with E-state index >= 15 is 0 Å². The minimum absolute atomic E-state index is 0.110. The smallest absolute Gasteiger partial charge is 0.140 e. The van der Waals surface area contributed by atoms with Gasteiger partial charge in [-0.05, 0) is 69.3 Å². The monoisotopic (exact) mass is 406 g/mol. The van der Waals surface area contributed by atoms with Crippen LogP contribution in [0.1, 0.15) is 17.5 Å². The minimum Gasteiger partial charge on any atom is -0.261 e. The zero-order valence-corrected chi connectivity index (χ0v) is 16.5. The molecule has 0 fully saturated rings. The van der Waals surface area contributed by atoms with Gasteiger partial charge >= 0.3 is 0 Å². The SMILES string of the molecule is O=[SH](=O)CC1CC=c2ccc3c(c2C1)CC=c1c(-c2cnccn2)cc(F)cc1=3. The van der Waals surface area contributed by atoms with Crippen molar-refractivity contribution in [3.8, 4) is 11.3 Å². The summed E-state index contributed by atoms with van der Waals surface area (Å²) in [6.07, 6.45) is 11.4. The fraction of sp³-hybridized carbons (Fsp3) is 0.217. The van der Waals surface area contributed by atoms with E-state index in [0.717, 1.165) is 40.5 Å². The number of hydrogen-bond acceptors (Lipinski definition) is 4. The summed E-state index contributed by atoms with van der Waals surface area (Å²) in [7, 11) is -2.39. The van der Waals surface area contributed by atoms with E-state index in [4.69, 9.17) is 0 Å². The molecule has 2 aliphatic rings. The molecular weight excluding hydrogens is 387 g/mol. The number of nitrogens with zero attached hydrogens (tertiary/aromatic N) is 2. The van der Waals surface area contributed by atoms with Gasteiger partial charge in [0.2, 0.25) is 0 Å². The standard InChI is InChI=1S/C23H19FN2O2S/c24-16-10-21-18-4-3-15-2-1-14(13-29(27)28)9-20(15)17(18)5-6-19(21)22(11-16)23-12-25-7-8-26-23/h2-4,6-8,10-12,14,29H,1,5,9,13H2. The van der Waals surface area contributed by atoms with Gasteiger partial charge in [-0.25, -0.2) is 12.8 Å². The number of rotatable bonds is 3. The van der Waals surface area contributed by atoms with E-state index in [-0.39, 0.29) is 17.5 Å². The quantitative estimate of drug-likeness (QED) is 0.675. The Kier molecular flexibility index (Phi) is 4.51. The highest BCUT2D eigenvalue weighted by molar-refractivity contribution is 7.72. The van der Waals surface area contributed by atoms with Crippen LogP contribution in [0.5, 0.6) is 0 Å². The summed E-state index contributed by atoms with van der Waals surface area (Å²) in [6.45, 7) is 0. The van der Waals surface area contributed by atoms with E-state index in [1.807, 2.05) is 0 Å². The third-order valence-electron chi connectivity index (χ3n) is 5.82. The van der Waals surface area contributed by atoms with Crippen molar-refractivity contribution in [3.05, 3.63) is 80.7 Å². The van der Waals surface area contributed by atoms with Crippen LogP contribution in [0.3, 0.4) is 0 Å². The molecule has 0 amide bonds. The van der Waals surface area contributed by atoms with Gasteiger partial charge in [-0.2, -0.15) is 0 Å². The zero-order chi connectivity index (χ0) is 20.0. The topological polar surface area (TPSA) is 59.9 Å². The number of aromatic nitrogens is 2. The summed E-state index contributed by atoms with van der Waals surface area (Å²) in [6, 6.07) is 7.22. The van der Waals surface area contributed by atoms with Gasteiger partial charge in [-0.3, -0.25) is 9.97 Å². The Morgan fingerprint density at radius 1 is 1.07 bits per heavy atom. The molecule has 0 N–H and O–H groups in total. The van der Waals surface area contributed by atoms with E-state index in [1.54, 1.807) is 24.7 Å². The molecule has 0 radical (unpaired) electrons. The Labute approximate surface area is 168 Å². The van der Waals surface area contributed by atoms with Crippen molar-refractivity contribution in [2.75, 3.05) is 5.75 Å². The Morgan fingerprint density at radius 2 is 1.97 bits per heavy atom. The molecule has 1 unspecified atom stereocenters. The summed E-state index contributed by atoms with van der Waals surface area (Å²) in [5.74, 6) is 0.0103. The summed E-state index contributed by atoms with van der Waals surface area (Å²) < 4.78 is 37.0. The summed E-state index contributed by atoms with van der Waals surface area (Å²) in [4.78, 5) is 8.47. The first-order chi connectivity index (χ1) is 14.1. The summed E-state index contributed by atoms with van der Waals surface area (Å²) >= 11 is 0. The van der Waals surface area contributed by atoms with Crippen molar-refractivity contribution in [2.24, 2.45) is 5.92 Å². The lowest BCUT2D eigenvalue weighted by atomic mass is 9.84. The number of thiol groups is 1. The van der Waals surface area contributed by atoms with Gasteiger partial charge in [0.05, 0.1) is 17.6 Å². The molecular formula is C23H19FN2O2S. The first-order valence-electron chi connectivity index (χ1n) is 9.63. The fourth-order valence-corrected chi connectivity index (χ4v) is 5.26. The van der Waals surface area contributed by atoms with Crippen molar-refractivity contribution >= 4 is 22.9 Å². The second-order valence-electron chi connectivity index (χ2n) is 7.60. The maximum absolute atomic E-state index is 14.5. The molecule has 3 aromatic rings. The molecule has 2 aliphatic carbocycles. The lowest BCUT2D eigenvalue weighted by molar-refractivity contribution is 0.561. The second-order valence-corrected chi connectivity index (χ2v) is 8.63. The van der Waals surface area contributed by atoms with Crippen molar-refractivity contribution in [2.45, 2.75) is 19.3 Å². The number of benzene rings is 2. The highest BCUT2D eigenvalue weighted by Crippen LogP contribution is 2.23. The van der Waals surface area contributed by atoms with E-state index in [0.29, 0.717) is 5.69 Å². The zero-order valence-electron chi connectivity index (χ0n) is 15.6. The molecule has 0 bridgehead atoms. The van der Waals surface area contributed by atoms with Crippen molar-refractivity contribution in [1.82, 2.24) is 9.97 Å². The first-order valence-corrected chi connectivity index (χ1v) is 11.0. The van der Waals surface area contributed by atoms with Crippen LogP contribution in [0.2, 0.25) is 0 Å². The molecule has 4 nitrogen and oxygen atoms in total. The fourth-order valence-electron chi connectivity index (χ4n) is 4.56. The summed E-state index contributed by atoms with van der Waals surface area (Å²) in [5.41, 5.74) is 3.76. The van der Waals surface area contributed by atoms with Crippen LogP contribution in [0.25, 0.3) is 23.4 Å². The van der Waals surface area contributed by atoms with Crippen LogP contribution >= 0.6 is 0 Å². The van der Waals surface area contributed by atoms with Gasteiger partial charge in [-0.15, -0.1) is 0 Å². The summed E-state index contributed by atoms with van der Waals surface area (Å²) in [5, 5.41) is 4.01. The predicted molar refractivity (Wildman–Crippen MR) is 110 cm³/mol. The molecule has 0 saturated heterocycles. The van der Waals surface area contributed by atoms with Crippen LogP contribution in [-0.2, 0) is 23.5 Å². The van der Waals surface area contributed by atoms with Crippen molar-refractivity contribution < 1.29 is 12.8 Å². The molecule has 0 spiro atoms. The molecule has 0 saturated carbocycles. The van der Waals surface area contributed by atoms with Crippen LogP contribution < -0.4 is 10.4 Å². The highest BCUT2D eigenvalue weighted by Gasteiger charge is 2.19. The van der Waals surface area contributed by atoms with E-state index in [9.17, 15) is 12.8 Å². The number of halogens is 1. The first kappa shape index (κ1) is 18.2. The molecule has 1 heterocycles. The Balaban J connectivity index is 1.78. The largest absolute Gasteiger partial charge is 0.261 e. The molecule has 1 aromatic heterocycles.